The molecule has 2 N–H and O–H groups in total. The molecule has 31 heavy (non-hydrogen) atoms. The third kappa shape index (κ3) is 5.98. The number of hydrogen-bond acceptors (Lipinski definition) is 5. The van der Waals surface area contributed by atoms with Gasteiger partial charge in [0.05, 0.1) is 12.6 Å². The van der Waals surface area contributed by atoms with Crippen molar-refractivity contribution in [2.75, 3.05) is 43.5 Å². The lowest BCUT2D eigenvalue weighted by molar-refractivity contribution is -0.114. The van der Waals surface area contributed by atoms with Crippen molar-refractivity contribution >= 4 is 23.2 Å². The zero-order valence-corrected chi connectivity index (χ0v) is 17.6. The predicted molar refractivity (Wildman–Crippen MR) is 120 cm³/mol. The van der Waals surface area contributed by atoms with Crippen molar-refractivity contribution in [3.63, 3.8) is 0 Å². The van der Waals surface area contributed by atoms with Gasteiger partial charge in [0.15, 0.2) is 0 Å². The van der Waals surface area contributed by atoms with Crippen molar-refractivity contribution in [1.29, 1.82) is 0 Å². The molecule has 1 atom stereocenters. The van der Waals surface area contributed by atoms with Crippen LogP contribution in [0.2, 0.25) is 0 Å². The van der Waals surface area contributed by atoms with Crippen molar-refractivity contribution in [2.45, 2.75) is 31.8 Å². The summed E-state index contributed by atoms with van der Waals surface area (Å²) in [6.07, 6.45) is 4.42. The molecule has 164 valence electrons. The Balaban J connectivity index is 1.23. The van der Waals surface area contributed by atoms with Gasteiger partial charge in [0.25, 0.3) is 5.91 Å². The molecule has 2 saturated heterocycles. The van der Waals surface area contributed by atoms with Gasteiger partial charge in [0.2, 0.25) is 5.91 Å². The Morgan fingerprint density at radius 3 is 2.58 bits per heavy atom. The Bertz CT molecular complexity index is 888. The second kappa shape index (κ2) is 10.3. The topological polar surface area (TPSA) is 79.9 Å². The van der Waals surface area contributed by atoms with Crippen LogP contribution in [0.15, 0.2) is 48.5 Å². The van der Waals surface area contributed by atoms with Gasteiger partial charge in [0, 0.05) is 42.7 Å². The van der Waals surface area contributed by atoms with E-state index in [9.17, 15) is 9.59 Å². The Morgan fingerprint density at radius 2 is 1.84 bits per heavy atom. The van der Waals surface area contributed by atoms with Crippen LogP contribution in [0.1, 0.15) is 36.0 Å². The van der Waals surface area contributed by atoms with Crippen molar-refractivity contribution in [1.82, 2.24) is 4.90 Å². The molecule has 4 rings (SSSR count). The van der Waals surface area contributed by atoms with Gasteiger partial charge in [0.1, 0.15) is 12.4 Å². The molecule has 1 unspecified atom stereocenters. The number of nitrogens with zero attached hydrogens (tertiary/aromatic N) is 1. The summed E-state index contributed by atoms with van der Waals surface area (Å²) < 4.78 is 11.4. The Morgan fingerprint density at radius 1 is 1.03 bits per heavy atom. The van der Waals surface area contributed by atoms with Crippen molar-refractivity contribution < 1.29 is 19.1 Å². The third-order valence-corrected chi connectivity index (χ3v) is 5.56. The summed E-state index contributed by atoms with van der Waals surface area (Å²) in [5.74, 6) is 0.641. The Hall–Kier alpha value is -3.06. The van der Waals surface area contributed by atoms with E-state index in [1.165, 1.54) is 0 Å². The van der Waals surface area contributed by atoms with E-state index in [-0.39, 0.29) is 24.5 Å². The summed E-state index contributed by atoms with van der Waals surface area (Å²) in [6.45, 7) is 3.12. The van der Waals surface area contributed by atoms with Gasteiger partial charge in [-0.1, -0.05) is 6.07 Å². The molecule has 2 aliphatic heterocycles. The highest BCUT2D eigenvalue weighted by atomic mass is 16.5. The van der Waals surface area contributed by atoms with Crippen LogP contribution in [0, 0.1) is 0 Å². The van der Waals surface area contributed by atoms with Crippen molar-refractivity contribution in [3.8, 4) is 5.75 Å². The molecule has 0 aliphatic carbocycles. The average molecular weight is 424 g/mol. The molecular weight excluding hydrogens is 394 g/mol. The van der Waals surface area contributed by atoms with Gasteiger partial charge in [-0.05, 0) is 62.1 Å². The van der Waals surface area contributed by atoms with Gasteiger partial charge >= 0.3 is 0 Å². The molecule has 2 aliphatic rings. The largest absolute Gasteiger partial charge is 0.491 e. The van der Waals surface area contributed by atoms with Crippen LogP contribution in [0.3, 0.4) is 0 Å². The van der Waals surface area contributed by atoms with Crippen LogP contribution in [0.25, 0.3) is 0 Å². The number of carbonyl (C=O) groups is 2. The molecule has 2 fully saturated rings. The molecule has 2 aromatic rings. The number of benzene rings is 2. The van der Waals surface area contributed by atoms with E-state index >= 15 is 0 Å². The van der Waals surface area contributed by atoms with Crippen LogP contribution < -0.4 is 15.4 Å². The highest BCUT2D eigenvalue weighted by Crippen LogP contribution is 2.20. The van der Waals surface area contributed by atoms with Crippen LogP contribution in [-0.2, 0) is 9.53 Å². The van der Waals surface area contributed by atoms with E-state index in [1.807, 2.05) is 29.2 Å². The van der Waals surface area contributed by atoms with Gasteiger partial charge in [-0.15, -0.1) is 0 Å². The quantitative estimate of drug-likeness (QED) is 0.679. The molecule has 0 spiro atoms. The first-order valence-electron chi connectivity index (χ1n) is 10.9. The smallest absolute Gasteiger partial charge is 0.253 e. The number of ether oxygens (including phenoxy) is 2. The lowest BCUT2D eigenvalue weighted by atomic mass is 10.2. The molecule has 2 heterocycles. The van der Waals surface area contributed by atoms with Gasteiger partial charge < -0.3 is 25.0 Å². The van der Waals surface area contributed by atoms with E-state index in [1.54, 1.807) is 24.3 Å². The van der Waals surface area contributed by atoms with Crippen LogP contribution >= 0.6 is 0 Å². The number of nitrogens with one attached hydrogen (secondary N) is 2. The molecule has 2 amide bonds. The van der Waals surface area contributed by atoms with E-state index in [0.29, 0.717) is 17.9 Å². The molecule has 0 saturated carbocycles. The van der Waals surface area contributed by atoms with Crippen LogP contribution in [0.5, 0.6) is 5.75 Å². The van der Waals surface area contributed by atoms with Crippen molar-refractivity contribution in [2.24, 2.45) is 0 Å². The van der Waals surface area contributed by atoms with Gasteiger partial charge in [-0.25, -0.2) is 0 Å². The second-order valence-corrected chi connectivity index (χ2v) is 7.95. The Labute approximate surface area is 182 Å². The maximum atomic E-state index is 12.4. The molecule has 7 nitrogen and oxygen atoms in total. The minimum absolute atomic E-state index is 0.0543. The fourth-order valence-corrected chi connectivity index (χ4v) is 3.85. The van der Waals surface area contributed by atoms with E-state index in [2.05, 4.69) is 10.6 Å². The number of amides is 2. The first-order chi connectivity index (χ1) is 15.2. The van der Waals surface area contributed by atoms with E-state index < -0.39 is 0 Å². The standard InChI is InChI=1S/C24H29N3O4/c28-23(26-19-10-8-18(9-11-19)24(29)27-12-1-2-13-27)16-25-20-5-3-6-21(15-20)31-17-22-7-4-14-30-22/h3,5-6,8-11,15,22,25H,1-2,4,7,12-14,16-17H2,(H,26,28). The average Bonchev–Trinajstić information content (AvgIpc) is 3.51. The minimum atomic E-state index is -0.163. The van der Waals surface area contributed by atoms with Crippen molar-refractivity contribution in [3.05, 3.63) is 54.1 Å². The maximum Gasteiger partial charge on any atom is 0.253 e. The summed E-state index contributed by atoms with van der Waals surface area (Å²) in [4.78, 5) is 26.6. The molecule has 0 radical (unpaired) electrons. The summed E-state index contributed by atoms with van der Waals surface area (Å²) in [6, 6.07) is 14.6. The monoisotopic (exact) mass is 423 g/mol. The number of anilines is 2. The van der Waals surface area contributed by atoms with E-state index in [0.717, 1.165) is 56.8 Å². The summed E-state index contributed by atoms with van der Waals surface area (Å²) >= 11 is 0. The number of hydrogen-bond donors (Lipinski definition) is 2. The summed E-state index contributed by atoms with van der Waals surface area (Å²) in [7, 11) is 0. The molecule has 2 aromatic carbocycles. The van der Waals surface area contributed by atoms with Crippen LogP contribution in [-0.4, -0.2) is 55.7 Å². The first-order valence-corrected chi connectivity index (χ1v) is 10.9. The summed E-state index contributed by atoms with van der Waals surface area (Å²) in [5, 5.41) is 5.97. The highest BCUT2D eigenvalue weighted by molar-refractivity contribution is 5.96. The highest BCUT2D eigenvalue weighted by Gasteiger charge is 2.19. The SMILES string of the molecule is O=C(CNc1cccc(OCC2CCCO2)c1)Nc1ccc(C(=O)N2CCCC2)cc1. The minimum Gasteiger partial charge on any atom is -0.491 e. The number of carbonyl (C=O) groups excluding carboxylic acids is 2. The zero-order valence-electron chi connectivity index (χ0n) is 17.6. The normalized spacial score (nSPS) is 18.1. The summed E-state index contributed by atoms with van der Waals surface area (Å²) in [5.41, 5.74) is 2.13. The molecule has 0 aromatic heterocycles. The van der Waals surface area contributed by atoms with E-state index in [4.69, 9.17) is 9.47 Å². The lowest BCUT2D eigenvalue weighted by Crippen LogP contribution is -2.27. The lowest BCUT2D eigenvalue weighted by Gasteiger charge is -2.15. The molecule has 0 bridgehead atoms. The fourth-order valence-electron chi connectivity index (χ4n) is 3.85. The number of likely N-dealkylation sites (tertiary alicyclic amines) is 1. The van der Waals surface area contributed by atoms with Gasteiger partial charge in [-0.3, -0.25) is 9.59 Å². The number of rotatable bonds is 8. The van der Waals surface area contributed by atoms with Gasteiger partial charge in [-0.2, -0.15) is 0 Å². The van der Waals surface area contributed by atoms with Crippen LogP contribution in [0.4, 0.5) is 11.4 Å². The first kappa shape index (κ1) is 21.2. The predicted octanol–water partition coefficient (Wildman–Crippen LogP) is 3.53. The maximum absolute atomic E-state index is 12.4. The molecular formula is C24H29N3O4. The zero-order chi connectivity index (χ0) is 21.5. The Kier molecular flexibility index (Phi) is 7.04. The third-order valence-electron chi connectivity index (χ3n) is 5.56. The second-order valence-electron chi connectivity index (χ2n) is 7.95. The fraction of sp³-hybridized carbons (Fsp3) is 0.417. The molecule has 7 heteroatoms.